The Morgan fingerprint density at radius 1 is 0.982 bits per heavy atom. The lowest BCUT2D eigenvalue weighted by molar-refractivity contribution is -0.150. The van der Waals surface area contributed by atoms with Crippen LogP contribution < -0.4 is 19.5 Å². The quantitative estimate of drug-likeness (QED) is 0.0727. The van der Waals surface area contributed by atoms with Crippen LogP contribution in [0.25, 0.3) is 11.1 Å². The maximum absolute atomic E-state index is 11.7. The molecule has 292 valence electrons. The molecule has 0 spiro atoms. The van der Waals surface area contributed by atoms with E-state index in [2.05, 4.69) is 16.4 Å². The minimum atomic E-state index is -1.10. The zero-order valence-corrected chi connectivity index (χ0v) is 32.4. The van der Waals surface area contributed by atoms with E-state index in [0.717, 1.165) is 22.3 Å². The van der Waals surface area contributed by atoms with Gasteiger partial charge in [-0.05, 0) is 68.1 Å². The molecule has 1 aliphatic rings. The Labute approximate surface area is 330 Å². The third-order valence-electron chi connectivity index (χ3n) is 9.98. The monoisotopic (exact) mass is 792 g/mol. The van der Waals surface area contributed by atoms with Crippen molar-refractivity contribution >= 4 is 29.2 Å². The largest absolute Gasteiger partial charge is 0.492 e. The first-order valence-corrected chi connectivity index (χ1v) is 18.7. The zero-order chi connectivity index (χ0) is 39.6. The van der Waals surface area contributed by atoms with Crippen molar-refractivity contribution in [2.75, 3.05) is 46.1 Å². The Bertz CT molecular complexity index is 2000. The zero-order valence-electron chi connectivity index (χ0n) is 30.9. The van der Waals surface area contributed by atoms with Crippen molar-refractivity contribution in [2.45, 2.75) is 52.0 Å². The summed E-state index contributed by atoms with van der Waals surface area (Å²) >= 11 is 13.7. The van der Waals surface area contributed by atoms with Crippen LogP contribution in [0.3, 0.4) is 0 Å². The molecular formula is C41H46Cl2N4O8. The number of pyridine rings is 1. The molecule has 1 fully saturated rings. The molecule has 1 saturated heterocycles. The first kappa shape index (κ1) is 41.7. The molecule has 0 radical (unpaired) electrons. The second-order valence-corrected chi connectivity index (χ2v) is 14.9. The van der Waals surface area contributed by atoms with E-state index in [4.69, 9.17) is 37.4 Å². The number of carboxylic acid groups (broad SMARTS) is 1. The fraction of sp³-hybridized carbons (Fsp3) is 0.390. The Hall–Kier alpha value is -4.45. The van der Waals surface area contributed by atoms with Crippen LogP contribution in [0.4, 0.5) is 0 Å². The molecule has 1 aromatic heterocycles. The molecule has 2 heterocycles. The minimum Gasteiger partial charge on any atom is -0.492 e. The molecule has 1 aliphatic heterocycles. The predicted molar refractivity (Wildman–Crippen MR) is 208 cm³/mol. The highest BCUT2D eigenvalue weighted by molar-refractivity contribution is 6.35. The highest BCUT2D eigenvalue weighted by Crippen LogP contribution is 2.39. The Kier molecular flexibility index (Phi) is 14.4. The third kappa shape index (κ3) is 10.2. The van der Waals surface area contributed by atoms with Crippen molar-refractivity contribution in [3.8, 4) is 34.4 Å². The molecule has 0 saturated carbocycles. The van der Waals surface area contributed by atoms with Gasteiger partial charge in [-0.2, -0.15) is 5.26 Å². The van der Waals surface area contributed by atoms with Gasteiger partial charge in [-0.15, -0.1) is 0 Å². The summed E-state index contributed by atoms with van der Waals surface area (Å²) in [6, 6.07) is 18.7. The first-order valence-electron chi connectivity index (χ1n) is 17.9. The van der Waals surface area contributed by atoms with Gasteiger partial charge in [0, 0.05) is 54.8 Å². The van der Waals surface area contributed by atoms with Crippen LogP contribution in [-0.2, 0) is 24.6 Å². The number of aliphatic hydroxyl groups excluding tert-OH is 3. The number of hydrogen-bond donors (Lipinski definition) is 5. The van der Waals surface area contributed by atoms with E-state index in [1.165, 1.54) is 6.20 Å². The van der Waals surface area contributed by atoms with Crippen molar-refractivity contribution in [1.82, 2.24) is 15.2 Å². The third-order valence-corrected chi connectivity index (χ3v) is 10.7. The van der Waals surface area contributed by atoms with Gasteiger partial charge in [-0.25, -0.2) is 0 Å². The molecular weight excluding hydrogens is 747 g/mol. The lowest BCUT2D eigenvalue weighted by Gasteiger charge is -2.27. The number of likely N-dealkylation sites (tertiary alicyclic amines) is 1. The summed E-state index contributed by atoms with van der Waals surface area (Å²) in [5.41, 5.74) is 3.29. The lowest BCUT2D eigenvalue weighted by atomic mass is 9.88. The normalized spacial score (nSPS) is 15.8. The highest BCUT2D eigenvalue weighted by Gasteiger charge is 2.44. The number of carboxylic acids is 1. The fourth-order valence-electron chi connectivity index (χ4n) is 6.33. The molecule has 55 heavy (non-hydrogen) atoms. The topological polar surface area (TPSA) is 178 Å². The average Bonchev–Trinajstić information content (AvgIpc) is 3.64. The SMILES string of the molecule is Cc1c(COc2cc(OCc3cncc(C#N)c3)c(CNC(C)(CO)CO)cc2Cl)cccc1-c1cccc(OCCCN2CCC(CO)(C(=O)O)C2)c1Cl. The van der Waals surface area contributed by atoms with Gasteiger partial charge in [0.15, 0.2) is 0 Å². The van der Waals surface area contributed by atoms with E-state index >= 15 is 0 Å². The Balaban J connectivity index is 1.28. The molecule has 5 N–H and O–H groups in total. The molecule has 1 unspecified atom stereocenters. The predicted octanol–water partition coefficient (Wildman–Crippen LogP) is 5.76. The van der Waals surface area contributed by atoms with Gasteiger partial charge >= 0.3 is 5.97 Å². The van der Waals surface area contributed by atoms with Gasteiger partial charge in [-0.3, -0.25) is 9.78 Å². The van der Waals surface area contributed by atoms with Crippen molar-refractivity contribution in [3.05, 3.63) is 105 Å². The van der Waals surface area contributed by atoms with Crippen LogP contribution in [0.1, 0.15) is 47.6 Å². The number of nitriles is 1. The number of ether oxygens (including phenoxy) is 3. The molecule has 12 nitrogen and oxygen atoms in total. The average molecular weight is 794 g/mol. The van der Waals surface area contributed by atoms with E-state index in [9.17, 15) is 30.5 Å². The first-order chi connectivity index (χ1) is 26.4. The summed E-state index contributed by atoms with van der Waals surface area (Å²) in [6.45, 7) is 5.22. The minimum absolute atomic E-state index is 0.120. The van der Waals surface area contributed by atoms with Gasteiger partial charge in [0.1, 0.15) is 41.9 Å². The maximum atomic E-state index is 11.7. The summed E-state index contributed by atoms with van der Waals surface area (Å²) in [5.74, 6) is 0.416. The van der Waals surface area contributed by atoms with E-state index < -0.39 is 16.9 Å². The van der Waals surface area contributed by atoms with Crippen molar-refractivity contribution in [1.29, 1.82) is 5.26 Å². The summed E-state index contributed by atoms with van der Waals surface area (Å²) in [7, 11) is 0. The molecule has 0 aliphatic carbocycles. The van der Waals surface area contributed by atoms with Gasteiger partial charge < -0.3 is 44.9 Å². The van der Waals surface area contributed by atoms with Gasteiger partial charge in [0.2, 0.25) is 0 Å². The van der Waals surface area contributed by atoms with Crippen molar-refractivity contribution < 1.29 is 39.4 Å². The van der Waals surface area contributed by atoms with Crippen LogP contribution in [-0.4, -0.2) is 87.9 Å². The molecule has 1 atom stereocenters. The maximum Gasteiger partial charge on any atom is 0.313 e. The van der Waals surface area contributed by atoms with Crippen LogP contribution in [0.2, 0.25) is 10.0 Å². The number of benzene rings is 3. The summed E-state index contributed by atoms with van der Waals surface area (Å²) in [4.78, 5) is 17.8. The molecule has 0 bridgehead atoms. The number of aliphatic carboxylic acids is 1. The number of halogens is 2. The van der Waals surface area contributed by atoms with Crippen LogP contribution >= 0.6 is 23.2 Å². The standard InChI is InChI=1S/C41H46Cl2N4O8/c1-27-30(6-3-7-32(27)33-8-4-9-35(38(33)43)53-13-5-11-47-12-10-41(23-47,26-50)39(51)52)22-55-37-16-36(54-21-29-14-28(17-44)18-45-19-29)31(15-34(37)42)20-46-40(2,24-48)25-49/h3-4,6-9,14-16,18-19,46,48-50H,5,10-13,20-26H2,1-2H3,(H,51,52). The summed E-state index contributed by atoms with van der Waals surface area (Å²) in [5, 5.41) is 52.1. The molecule has 14 heteroatoms. The molecule has 0 amide bonds. The number of hydrogen-bond acceptors (Lipinski definition) is 11. The number of aromatic nitrogens is 1. The molecule has 4 aromatic rings. The van der Waals surface area contributed by atoms with Crippen LogP contribution in [0, 0.1) is 23.7 Å². The lowest BCUT2D eigenvalue weighted by Crippen LogP contribution is -2.48. The van der Waals surface area contributed by atoms with Gasteiger partial charge in [0.25, 0.3) is 0 Å². The van der Waals surface area contributed by atoms with Crippen molar-refractivity contribution in [3.63, 3.8) is 0 Å². The highest BCUT2D eigenvalue weighted by atomic mass is 35.5. The second-order valence-electron chi connectivity index (χ2n) is 14.1. The molecule has 3 aromatic carbocycles. The van der Waals surface area contributed by atoms with E-state index in [1.54, 1.807) is 31.3 Å². The van der Waals surface area contributed by atoms with Crippen LogP contribution in [0.15, 0.2) is 67.0 Å². The van der Waals surface area contributed by atoms with Crippen molar-refractivity contribution in [2.24, 2.45) is 5.41 Å². The van der Waals surface area contributed by atoms with E-state index in [-0.39, 0.29) is 39.6 Å². The Morgan fingerprint density at radius 2 is 1.73 bits per heavy atom. The van der Waals surface area contributed by atoms with E-state index in [0.29, 0.717) is 83.1 Å². The summed E-state index contributed by atoms with van der Waals surface area (Å²) in [6.07, 6.45) is 4.17. The fourth-order valence-corrected chi connectivity index (χ4v) is 6.85. The number of nitrogens with zero attached hydrogens (tertiary/aromatic N) is 3. The van der Waals surface area contributed by atoms with Gasteiger partial charge in [-0.1, -0.05) is 53.5 Å². The number of carbonyl (C=O) groups is 1. The number of nitrogens with one attached hydrogen (secondary N) is 1. The summed E-state index contributed by atoms with van der Waals surface area (Å²) < 4.78 is 18.6. The second kappa shape index (κ2) is 18.9. The Morgan fingerprint density at radius 3 is 2.44 bits per heavy atom. The molecule has 5 rings (SSSR count). The number of aliphatic hydroxyl groups is 3. The smallest absolute Gasteiger partial charge is 0.313 e. The van der Waals surface area contributed by atoms with E-state index in [1.807, 2.05) is 48.2 Å². The number of rotatable bonds is 19. The van der Waals surface area contributed by atoms with Gasteiger partial charge in [0.05, 0.1) is 47.6 Å². The van der Waals surface area contributed by atoms with Crippen LogP contribution in [0.5, 0.6) is 17.2 Å².